The lowest BCUT2D eigenvalue weighted by atomic mass is 10.0. The molecule has 1 aromatic carbocycles. The van der Waals surface area contributed by atoms with Gasteiger partial charge in [0, 0.05) is 23.4 Å². The van der Waals surface area contributed by atoms with Crippen LogP contribution >= 0.6 is 0 Å². The van der Waals surface area contributed by atoms with E-state index in [1.807, 2.05) is 0 Å². The van der Waals surface area contributed by atoms with Crippen molar-refractivity contribution in [3.05, 3.63) is 45.1 Å². The Labute approximate surface area is 98.1 Å². The van der Waals surface area contributed by atoms with Gasteiger partial charge < -0.3 is 0 Å². The van der Waals surface area contributed by atoms with Crippen LogP contribution in [0, 0.1) is 24.6 Å². The number of aldehydes is 1. The first-order valence-electron chi connectivity index (χ1n) is 4.94. The van der Waals surface area contributed by atoms with E-state index in [-0.39, 0.29) is 12.1 Å². The van der Waals surface area contributed by atoms with Crippen LogP contribution < -0.4 is 0 Å². The van der Waals surface area contributed by atoms with Crippen LogP contribution in [-0.2, 0) is 0 Å². The molecule has 0 heterocycles. The Kier molecular flexibility index (Phi) is 4.74. The standard InChI is InChI=1S/C12H10FN3O/c1-9-5-6-12(13)11(8-17)10(9)4-2-3-7-15-16-14/h5-6,8H,3,7H2,1H3. The summed E-state index contributed by atoms with van der Waals surface area (Å²) in [6.45, 7) is 2.01. The summed E-state index contributed by atoms with van der Waals surface area (Å²) in [6.07, 6.45) is 0.831. The van der Waals surface area contributed by atoms with Crippen LogP contribution in [0.4, 0.5) is 4.39 Å². The van der Waals surface area contributed by atoms with E-state index in [2.05, 4.69) is 21.9 Å². The van der Waals surface area contributed by atoms with Gasteiger partial charge in [0.1, 0.15) is 5.82 Å². The first-order valence-corrected chi connectivity index (χ1v) is 4.94. The molecule has 0 saturated heterocycles. The number of azide groups is 1. The lowest BCUT2D eigenvalue weighted by Gasteiger charge is -2.02. The van der Waals surface area contributed by atoms with Crippen molar-refractivity contribution in [2.75, 3.05) is 6.54 Å². The molecular weight excluding hydrogens is 221 g/mol. The highest BCUT2D eigenvalue weighted by molar-refractivity contribution is 5.80. The van der Waals surface area contributed by atoms with E-state index >= 15 is 0 Å². The highest BCUT2D eigenvalue weighted by Gasteiger charge is 2.08. The number of hydrogen-bond acceptors (Lipinski definition) is 2. The molecule has 5 heteroatoms. The predicted octanol–water partition coefficient (Wildman–Crippen LogP) is 3.00. The topological polar surface area (TPSA) is 65.8 Å². The van der Waals surface area contributed by atoms with E-state index in [0.29, 0.717) is 18.3 Å². The maximum Gasteiger partial charge on any atom is 0.154 e. The molecule has 0 unspecified atom stereocenters. The molecule has 0 aromatic heterocycles. The van der Waals surface area contributed by atoms with Crippen molar-refractivity contribution >= 4 is 6.29 Å². The molecule has 0 bridgehead atoms. The number of benzene rings is 1. The van der Waals surface area contributed by atoms with E-state index < -0.39 is 5.82 Å². The largest absolute Gasteiger partial charge is 0.298 e. The zero-order valence-electron chi connectivity index (χ0n) is 9.27. The molecule has 0 atom stereocenters. The Bertz CT molecular complexity index is 537. The SMILES string of the molecule is Cc1ccc(F)c(C=O)c1C#CCCN=[N+]=[N-]. The smallest absolute Gasteiger partial charge is 0.154 e. The summed E-state index contributed by atoms with van der Waals surface area (Å²) in [5, 5.41) is 3.32. The Hall–Kier alpha value is -2.31. The fourth-order valence-corrected chi connectivity index (χ4v) is 1.29. The third-order valence-corrected chi connectivity index (χ3v) is 2.13. The zero-order valence-corrected chi connectivity index (χ0v) is 9.27. The van der Waals surface area contributed by atoms with Crippen molar-refractivity contribution in [2.24, 2.45) is 5.11 Å². The molecule has 0 saturated carbocycles. The van der Waals surface area contributed by atoms with Gasteiger partial charge in [0.2, 0.25) is 0 Å². The molecule has 0 aliphatic rings. The molecule has 4 nitrogen and oxygen atoms in total. The van der Waals surface area contributed by atoms with Crippen LogP contribution in [0.25, 0.3) is 10.4 Å². The van der Waals surface area contributed by atoms with Gasteiger partial charge in [-0.25, -0.2) is 4.39 Å². The summed E-state index contributed by atoms with van der Waals surface area (Å²) >= 11 is 0. The van der Waals surface area contributed by atoms with Gasteiger partial charge in [-0.05, 0) is 24.1 Å². The average molecular weight is 231 g/mol. The summed E-state index contributed by atoms with van der Waals surface area (Å²) in [7, 11) is 0. The molecule has 0 spiro atoms. The van der Waals surface area contributed by atoms with E-state index in [1.54, 1.807) is 13.0 Å². The first-order chi connectivity index (χ1) is 8.20. The third kappa shape index (κ3) is 3.33. The van der Waals surface area contributed by atoms with Crippen molar-refractivity contribution in [1.82, 2.24) is 0 Å². The number of halogens is 1. The minimum Gasteiger partial charge on any atom is -0.298 e. The fraction of sp³-hybridized carbons (Fsp3) is 0.250. The Balaban J connectivity index is 3.00. The summed E-state index contributed by atoms with van der Waals surface area (Å²) in [6, 6.07) is 2.81. The van der Waals surface area contributed by atoms with Crippen LogP contribution in [0.1, 0.15) is 27.9 Å². The molecule has 0 amide bonds. The highest BCUT2D eigenvalue weighted by Crippen LogP contribution is 2.15. The van der Waals surface area contributed by atoms with Crippen LogP contribution in [0.3, 0.4) is 0 Å². The second kappa shape index (κ2) is 6.31. The van der Waals surface area contributed by atoms with Gasteiger partial charge in [0.15, 0.2) is 6.29 Å². The van der Waals surface area contributed by atoms with Crippen molar-refractivity contribution in [1.29, 1.82) is 0 Å². The van der Waals surface area contributed by atoms with Gasteiger partial charge in [-0.3, -0.25) is 4.79 Å². The monoisotopic (exact) mass is 231 g/mol. The zero-order chi connectivity index (χ0) is 12.7. The van der Waals surface area contributed by atoms with Crippen molar-refractivity contribution in [3.8, 4) is 11.8 Å². The molecule has 0 aliphatic heterocycles. The van der Waals surface area contributed by atoms with E-state index in [9.17, 15) is 9.18 Å². The van der Waals surface area contributed by atoms with Crippen molar-refractivity contribution in [2.45, 2.75) is 13.3 Å². The van der Waals surface area contributed by atoms with Crippen LogP contribution in [0.15, 0.2) is 17.2 Å². The van der Waals surface area contributed by atoms with E-state index in [1.165, 1.54) is 6.07 Å². The normalized spacial score (nSPS) is 8.82. The lowest BCUT2D eigenvalue weighted by Crippen LogP contribution is -1.96. The number of carbonyl (C=O) groups excluding carboxylic acids is 1. The molecule has 0 radical (unpaired) electrons. The molecule has 1 aromatic rings. The third-order valence-electron chi connectivity index (χ3n) is 2.13. The maximum atomic E-state index is 13.3. The van der Waals surface area contributed by atoms with Gasteiger partial charge in [0.25, 0.3) is 0 Å². The second-order valence-electron chi connectivity index (χ2n) is 3.28. The highest BCUT2D eigenvalue weighted by atomic mass is 19.1. The predicted molar refractivity (Wildman–Crippen MR) is 62.0 cm³/mol. The second-order valence-corrected chi connectivity index (χ2v) is 3.28. The van der Waals surface area contributed by atoms with E-state index in [0.717, 1.165) is 5.56 Å². The molecule has 17 heavy (non-hydrogen) atoms. The molecule has 86 valence electrons. The van der Waals surface area contributed by atoms with Crippen LogP contribution in [0.2, 0.25) is 0 Å². The molecular formula is C12H10FN3O. The molecule has 0 N–H and O–H groups in total. The number of hydrogen-bond donors (Lipinski definition) is 0. The minimum atomic E-state index is -0.579. The van der Waals surface area contributed by atoms with Gasteiger partial charge in [-0.2, -0.15) is 0 Å². The Morgan fingerprint density at radius 3 is 3.00 bits per heavy atom. The summed E-state index contributed by atoms with van der Waals surface area (Å²) in [4.78, 5) is 13.3. The summed E-state index contributed by atoms with van der Waals surface area (Å²) in [5.74, 6) is 4.89. The molecule has 0 aliphatic carbocycles. The van der Waals surface area contributed by atoms with Gasteiger partial charge in [-0.1, -0.05) is 23.0 Å². The fourth-order valence-electron chi connectivity index (χ4n) is 1.29. The summed E-state index contributed by atoms with van der Waals surface area (Å²) in [5.41, 5.74) is 9.16. The van der Waals surface area contributed by atoms with Crippen LogP contribution in [0.5, 0.6) is 0 Å². The first kappa shape index (κ1) is 12.8. The maximum absolute atomic E-state index is 13.3. The van der Waals surface area contributed by atoms with Crippen LogP contribution in [-0.4, -0.2) is 12.8 Å². The van der Waals surface area contributed by atoms with E-state index in [4.69, 9.17) is 5.53 Å². The van der Waals surface area contributed by atoms with Gasteiger partial charge >= 0.3 is 0 Å². The average Bonchev–Trinajstić information content (AvgIpc) is 2.33. The van der Waals surface area contributed by atoms with Gasteiger partial charge in [0.05, 0.1) is 5.56 Å². The number of aryl methyl sites for hydroxylation is 1. The summed E-state index contributed by atoms with van der Waals surface area (Å²) < 4.78 is 13.3. The van der Waals surface area contributed by atoms with Crippen molar-refractivity contribution in [3.63, 3.8) is 0 Å². The number of rotatable bonds is 3. The lowest BCUT2D eigenvalue weighted by molar-refractivity contribution is 0.111. The number of carbonyl (C=O) groups is 1. The Morgan fingerprint density at radius 1 is 1.59 bits per heavy atom. The number of nitrogens with zero attached hydrogens (tertiary/aromatic N) is 3. The van der Waals surface area contributed by atoms with Crippen molar-refractivity contribution < 1.29 is 9.18 Å². The van der Waals surface area contributed by atoms with Gasteiger partial charge in [-0.15, -0.1) is 0 Å². The quantitative estimate of drug-likeness (QED) is 0.197. The minimum absolute atomic E-state index is 0.0266. The Morgan fingerprint density at radius 2 is 2.35 bits per heavy atom. The molecule has 1 rings (SSSR count). The molecule has 0 fully saturated rings.